The van der Waals surface area contributed by atoms with E-state index in [0.29, 0.717) is 10.8 Å². The van der Waals surface area contributed by atoms with Gasteiger partial charge in [-0.05, 0) is 68.1 Å². The van der Waals surface area contributed by atoms with E-state index in [2.05, 4.69) is 39.0 Å². The lowest BCUT2D eigenvalue weighted by Crippen LogP contribution is -2.50. The molecule has 94 valence electrons. The van der Waals surface area contributed by atoms with E-state index in [9.17, 15) is 0 Å². The van der Waals surface area contributed by atoms with E-state index >= 15 is 0 Å². The molecule has 0 aromatic carbocycles. The summed E-state index contributed by atoms with van der Waals surface area (Å²) in [5, 5.41) is 0. The Bertz CT molecular complexity index is 375. The maximum atomic E-state index is 2.58. The summed E-state index contributed by atoms with van der Waals surface area (Å²) in [7, 11) is 0. The Morgan fingerprint density at radius 3 is 2.82 bits per heavy atom. The Labute approximate surface area is 106 Å². The van der Waals surface area contributed by atoms with Crippen LogP contribution in [-0.2, 0) is 0 Å². The normalized spacial score (nSPS) is 49.2. The first-order valence-electron chi connectivity index (χ1n) is 7.35. The molecule has 0 aromatic rings. The van der Waals surface area contributed by atoms with Crippen LogP contribution in [0.4, 0.5) is 0 Å². The van der Waals surface area contributed by atoms with Gasteiger partial charge in [-0.15, -0.1) is 0 Å². The Balaban J connectivity index is 1.98. The van der Waals surface area contributed by atoms with Gasteiger partial charge in [0.05, 0.1) is 0 Å². The zero-order chi connectivity index (χ0) is 12.1. The molecule has 0 spiro atoms. The van der Waals surface area contributed by atoms with E-state index in [0.717, 1.165) is 11.8 Å². The molecule has 0 bridgehead atoms. The zero-order valence-corrected chi connectivity index (χ0v) is 11.6. The molecule has 0 saturated heterocycles. The number of hydrogen-bond acceptors (Lipinski definition) is 0. The van der Waals surface area contributed by atoms with Crippen LogP contribution in [0.15, 0.2) is 23.8 Å². The van der Waals surface area contributed by atoms with Gasteiger partial charge in [-0.3, -0.25) is 0 Å². The maximum Gasteiger partial charge on any atom is -0.0224 e. The number of hydrogen-bond donors (Lipinski definition) is 0. The average molecular weight is 230 g/mol. The highest BCUT2D eigenvalue weighted by molar-refractivity contribution is 5.17. The van der Waals surface area contributed by atoms with Crippen molar-refractivity contribution in [3.8, 4) is 0 Å². The molecule has 0 radical (unpaired) electrons. The Morgan fingerprint density at radius 1 is 1.18 bits per heavy atom. The highest BCUT2D eigenvalue weighted by atomic mass is 14.6. The molecule has 1 unspecified atom stereocenters. The lowest BCUT2D eigenvalue weighted by molar-refractivity contribution is -0.0614. The smallest absolute Gasteiger partial charge is 0.0224 e. The molecule has 0 heterocycles. The second-order valence-electron chi connectivity index (χ2n) is 7.32. The van der Waals surface area contributed by atoms with Crippen LogP contribution in [-0.4, -0.2) is 0 Å². The van der Waals surface area contributed by atoms with E-state index < -0.39 is 0 Å². The molecule has 0 N–H and O–H groups in total. The van der Waals surface area contributed by atoms with Crippen LogP contribution < -0.4 is 0 Å². The first-order valence-corrected chi connectivity index (χ1v) is 7.35. The van der Waals surface area contributed by atoms with E-state index in [-0.39, 0.29) is 0 Å². The van der Waals surface area contributed by atoms with Crippen molar-refractivity contribution in [2.24, 2.45) is 22.7 Å². The van der Waals surface area contributed by atoms with Crippen LogP contribution in [0.5, 0.6) is 0 Å². The van der Waals surface area contributed by atoms with Crippen LogP contribution in [0.25, 0.3) is 0 Å². The van der Waals surface area contributed by atoms with Crippen LogP contribution >= 0.6 is 0 Å². The SMILES string of the molecule is CC1=CCC2[C@@](C)(CC[C@H]3CC=CC[C@]23C)C1. The van der Waals surface area contributed by atoms with Gasteiger partial charge in [0.15, 0.2) is 0 Å². The van der Waals surface area contributed by atoms with Crippen molar-refractivity contribution in [3.63, 3.8) is 0 Å². The minimum Gasteiger partial charge on any atom is -0.0882 e. The van der Waals surface area contributed by atoms with E-state index in [1.54, 1.807) is 5.57 Å². The van der Waals surface area contributed by atoms with Gasteiger partial charge in [0.2, 0.25) is 0 Å². The second kappa shape index (κ2) is 3.73. The lowest BCUT2D eigenvalue weighted by atomic mass is 9.46. The summed E-state index contributed by atoms with van der Waals surface area (Å²) in [5.41, 5.74) is 2.81. The van der Waals surface area contributed by atoms with E-state index in [4.69, 9.17) is 0 Å². The van der Waals surface area contributed by atoms with E-state index in [1.165, 1.54) is 38.5 Å². The van der Waals surface area contributed by atoms with Crippen LogP contribution in [0.3, 0.4) is 0 Å². The standard InChI is InChI=1S/C17H26/c1-13-7-8-15-16(2,12-13)11-9-14-6-4-5-10-17(14,15)3/h4-5,7,14-15H,6,8-12H2,1-3H3/t14-,15?,16+,17+/m1/s1. The summed E-state index contributed by atoms with van der Waals surface area (Å²) in [6, 6.07) is 0. The largest absolute Gasteiger partial charge is 0.0882 e. The third kappa shape index (κ3) is 1.63. The van der Waals surface area contributed by atoms with Crippen molar-refractivity contribution in [2.75, 3.05) is 0 Å². The molecule has 0 aliphatic heterocycles. The highest BCUT2D eigenvalue weighted by Crippen LogP contribution is 2.62. The lowest BCUT2D eigenvalue weighted by Gasteiger charge is -2.58. The second-order valence-corrected chi connectivity index (χ2v) is 7.32. The summed E-state index contributed by atoms with van der Waals surface area (Å²) in [6.07, 6.45) is 15.7. The first kappa shape index (κ1) is 11.6. The third-order valence-electron chi connectivity index (χ3n) is 6.16. The number of rotatable bonds is 0. The van der Waals surface area contributed by atoms with Gasteiger partial charge >= 0.3 is 0 Å². The molecule has 0 aromatic heterocycles. The van der Waals surface area contributed by atoms with Crippen LogP contribution in [0.1, 0.15) is 59.3 Å². The summed E-state index contributed by atoms with van der Waals surface area (Å²) < 4.78 is 0. The highest BCUT2D eigenvalue weighted by Gasteiger charge is 2.53. The Morgan fingerprint density at radius 2 is 2.00 bits per heavy atom. The van der Waals surface area contributed by atoms with Crippen molar-refractivity contribution >= 4 is 0 Å². The molecule has 17 heavy (non-hydrogen) atoms. The fourth-order valence-corrected chi connectivity index (χ4v) is 5.18. The topological polar surface area (TPSA) is 0 Å². The monoisotopic (exact) mass is 230 g/mol. The third-order valence-corrected chi connectivity index (χ3v) is 6.16. The van der Waals surface area contributed by atoms with Gasteiger partial charge in [-0.1, -0.05) is 37.6 Å². The van der Waals surface area contributed by atoms with Gasteiger partial charge in [0.25, 0.3) is 0 Å². The van der Waals surface area contributed by atoms with Gasteiger partial charge in [0.1, 0.15) is 0 Å². The van der Waals surface area contributed by atoms with Crippen molar-refractivity contribution in [2.45, 2.75) is 59.3 Å². The van der Waals surface area contributed by atoms with Crippen molar-refractivity contribution in [1.82, 2.24) is 0 Å². The van der Waals surface area contributed by atoms with Crippen LogP contribution in [0.2, 0.25) is 0 Å². The van der Waals surface area contributed by atoms with Gasteiger partial charge < -0.3 is 0 Å². The molecule has 0 amide bonds. The minimum atomic E-state index is 0.582. The summed E-state index contributed by atoms with van der Waals surface area (Å²) in [4.78, 5) is 0. The van der Waals surface area contributed by atoms with Gasteiger partial charge in [-0.25, -0.2) is 0 Å². The van der Waals surface area contributed by atoms with Gasteiger partial charge in [0, 0.05) is 0 Å². The number of fused-ring (bicyclic) bond motifs is 3. The fourth-order valence-electron chi connectivity index (χ4n) is 5.18. The Hall–Kier alpha value is -0.520. The minimum absolute atomic E-state index is 0.582. The molecular weight excluding hydrogens is 204 g/mol. The average Bonchev–Trinajstić information content (AvgIpc) is 2.27. The molecule has 3 aliphatic rings. The summed E-state index contributed by atoms with van der Waals surface area (Å²) in [6.45, 7) is 7.47. The van der Waals surface area contributed by atoms with Crippen molar-refractivity contribution in [1.29, 1.82) is 0 Å². The van der Waals surface area contributed by atoms with Crippen molar-refractivity contribution in [3.05, 3.63) is 23.8 Å². The predicted octanol–water partition coefficient (Wildman–Crippen LogP) is 5.12. The molecule has 0 nitrogen and oxygen atoms in total. The molecule has 3 aliphatic carbocycles. The molecule has 1 fully saturated rings. The van der Waals surface area contributed by atoms with Crippen LogP contribution in [0, 0.1) is 22.7 Å². The Kier molecular flexibility index (Phi) is 2.54. The first-order chi connectivity index (χ1) is 8.05. The molecule has 4 atom stereocenters. The summed E-state index contributed by atoms with van der Waals surface area (Å²) in [5.74, 6) is 1.87. The summed E-state index contributed by atoms with van der Waals surface area (Å²) >= 11 is 0. The predicted molar refractivity (Wildman–Crippen MR) is 73.8 cm³/mol. The molecular formula is C17H26. The van der Waals surface area contributed by atoms with Crippen molar-refractivity contribution < 1.29 is 0 Å². The molecule has 0 heteroatoms. The maximum absolute atomic E-state index is 2.58. The van der Waals surface area contributed by atoms with Gasteiger partial charge in [-0.2, -0.15) is 0 Å². The molecule has 1 saturated carbocycles. The van der Waals surface area contributed by atoms with E-state index in [1.807, 2.05) is 0 Å². The zero-order valence-electron chi connectivity index (χ0n) is 11.6. The quantitative estimate of drug-likeness (QED) is 0.507. The number of allylic oxidation sites excluding steroid dienone is 4. The molecule has 3 rings (SSSR count). The fraction of sp³-hybridized carbons (Fsp3) is 0.765.